The standard InChI is InChI=1S/C14H14N4/c1-10(12-5-2-3-8-15-12)17-13-6-4-7-14-11(13)9-16-18-14/h2-10,17H,1H3,(H,16,18). The summed E-state index contributed by atoms with van der Waals surface area (Å²) < 4.78 is 0. The van der Waals surface area contributed by atoms with Crippen molar-refractivity contribution < 1.29 is 0 Å². The molecule has 0 aliphatic carbocycles. The topological polar surface area (TPSA) is 53.6 Å². The molecule has 18 heavy (non-hydrogen) atoms. The number of nitrogens with one attached hydrogen (secondary N) is 2. The molecule has 1 atom stereocenters. The van der Waals surface area contributed by atoms with Gasteiger partial charge in [0.15, 0.2) is 0 Å². The molecule has 1 aromatic carbocycles. The largest absolute Gasteiger partial charge is 0.376 e. The summed E-state index contributed by atoms with van der Waals surface area (Å²) in [6.45, 7) is 2.10. The number of hydrogen-bond acceptors (Lipinski definition) is 3. The Labute approximate surface area is 105 Å². The Morgan fingerprint density at radius 3 is 2.94 bits per heavy atom. The maximum absolute atomic E-state index is 4.36. The van der Waals surface area contributed by atoms with E-state index in [-0.39, 0.29) is 6.04 Å². The molecular weight excluding hydrogens is 224 g/mol. The average Bonchev–Trinajstić information content (AvgIpc) is 2.89. The zero-order valence-corrected chi connectivity index (χ0v) is 10.1. The number of H-pyrrole nitrogens is 1. The summed E-state index contributed by atoms with van der Waals surface area (Å²) in [5, 5.41) is 11.6. The number of nitrogens with zero attached hydrogens (tertiary/aromatic N) is 2. The Kier molecular flexibility index (Phi) is 2.68. The molecule has 4 heteroatoms. The highest BCUT2D eigenvalue weighted by Gasteiger charge is 2.08. The summed E-state index contributed by atoms with van der Waals surface area (Å²) in [5.41, 5.74) is 3.13. The van der Waals surface area contributed by atoms with Crippen LogP contribution < -0.4 is 5.32 Å². The Hall–Kier alpha value is -2.36. The van der Waals surface area contributed by atoms with Crippen LogP contribution in [-0.2, 0) is 0 Å². The lowest BCUT2D eigenvalue weighted by molar-refractivity contribution is 0.841. The number of rotatable bonds is 3. The third-order valence-corrected chi connectivity index (χ3v) is 2.99. The van der Waals surface area contributed by atoms with Gasteiger partial charge in [-0.2, -0.15) is 5.10 Å². The van der Waals surface area contributed by atoms with Gasteiger partial charge < -0.3 is 5.32 Å². The van der Waals surface area contributed by atoms with Gasteiger partial charge in [0, 0.05) is 17.3 Å². The molecule has 1 unspecified atom stereocenters. The molecule has 2 aromatic heterocycles. The van der Waals surface area contributed by atoms with E-state index in [9.17, 15) is 0 Å². The molecule has 0 spiro atoms. The van der Waals surface area contributed by atoms with E-state index in [0.717, 1.165) is 22.3 Å². The first kappa shape index (κ1) is 10.8. The predicted octanol–water partition coefficient (Wildman–Crippen LogP) is 3.13. The zero-order chi connectivity index (χ0) is 12.4. The van der Waals surface area contributed by atoms with Crippen LogP contribution in [-0.4, -0.2) is 15.2 Å². The van der Waals surface area contributed by atoms with Crippen LogP contribution in [0.3, 0.4) is 0 Å². The van der Waals surface area contributed by atoms with E-state index in [2.05, 4.69) is 33.5 Å². The third kappa shape index (κ3) is 1.93. The number of aromatic amines is 1. The molecule has 2 N–H and O–H groups in total. The second-order valence-corrected chi connectivity index (χ2v) is 4.26. The minimum Gasteiger partial charge on any atom is -0.376 e. The predicted molar refractivity (Wildman–Crippen MR) is 72.4 cm³/mol. The highest BCUT2D eigenvalue weighted by Crippen LogP contribution is 2.24. The second kappa shape index (κ2) is 4.49. The smallest absolute Gasteiger partial charge is 0.0671 e. The van der Waals surface area contributed by atoms with Crippen LogP contribution >= 0.6 is 0 Å². The SMILES string of the molecule is CC(Nc1cccc2[nH]ncc12)c1ccccn1. The molecule has 0 saturated heterocycles. The summed E-state index contributed by atoms with van der Waals surface area (Å²) in [6, 6.07) is 12.2. The van der Waals surface area contributed by atoms with E-state index in [1.807, 2.05) is 42.7 Å². The fourth-order valence-electron chi connectivity index (χ4n) is 2.03. The Balaban J connectivity index is 1.91. The van der Waals surface area contributed by atoms with E-state index in [4.69, 9.17) is 0 Å². The van der Waals surface area contributed by atoms with Gasteiger partial charge >= 0.3 is 0 Å². The van der Waals surface area contributed by atoms with Crippen molar-refractivity contribution in [2.45, 2.75) is 13.0 Å². The molecule has 0 amide bonds. The first-order valence-electron chi connectivity index (χ1n) is 5.94. The molecule has 0 fully saturated rings. The molecule has 3 rings (SSSR count). The van der Waals surface area contributed by atoms with Crippen molar-refractivity contribution in [3.63, 3.8) is 0 Å². The lowest BCUT2D eigenvalue weighted by Crippen LogP contribution is -2.08. The summed E-state index contributed by atoms with van der Waals surface area (Å²) in [5.74, 6) is 0. The lowest BCUT2D eigenvalue weighted by Gasteiger charge is -2.15. The van der Waals surface area contributed by atoms with E-state index in [1.54, 1.807) is 0 Å². The summed E-state index contributed by atoms with van der Waals surface area (Å²) in [4.78, 5) is 4.36. The molecule has 4 nitrogen and oxygen atoms in total. The van der Waals surface area contributed by atoms with Gasteiger partial charge in [-0.1, -0.05) is 12.1 Å². The average molecular weight is 238 g/mol. The number of pyridine rings is 1. The Morgan fingerprint density at radius 1 is 1.17 bits per heavy atom. The van der Waals surface area contributed by atoms with Gasteiger partial charge in [-0.3, -0.25) is 10.1 Å². The van der Waals surface area contributed by atoms with E-state index < -0.39 is 0 Å². The lowest BCUT2D eigenvalue weighted by atomic mass is 10.1. The first-order valence-corrected chi connectivity index (χ1v) is 5.94. The van der Waals surface area contributed by atoms with E-state index in [1.165, 1.54) is 0 Å². The fourth-order valence-corrected chi connectivity index (χ4v) is 2.03. The Morgan fingerprint density at radius 2 is 2.11 bits per heavy atom. The zero-order valence-electron chi connectivity index (χ0n) is 10.1. The van der Waals surface area contributed by atoms with Crippen LogP contribution in [0.15, 0.2) is 48.8 Å². The highest BCUT2D eigenvalue weighted by molar-refractivity contribution is 5.90. The molecule has 3 aromatic rings. The second-order valence-electron chi connectivity index (χ2n) is 4.26. The van der Waals surface area contributed by atoms with Crippen LogP contribution in [0.2, 0.25) is 0 Å². The number of benzene rings is 1. The number of fused-ring (bicyclic) bond motifs is 1. The molecule has 0 aliphatic rings. The van der Waals surface area contributed by atoms with Crippen molar-refractivity contribution in [2.24, 2.45) is 0 Å². The van der Waals surface area contributed by atoms with Gasteiger partial charge in [0.05, 0.1) is 23.4 Å². The van der Waals surface area contributed by atoms with Crippen LogP contribution in [0.25, 0.3) is 10.9 Å². The van der Waals surface area contributed by atoms with Gasteiger partial charge in [0.1, 0.15) is 0 Å². The van der Waals surface area contributed by atoms with E-state index in [0.29, 0.717) is 0 Å². The van der Waals surface area contributed by atoms with Crippen molar-refractivity contribution in [1.29, 1.82) is 0 Å². The first-order chi connectivity index (χ1) is 8.84. The molecule has 0 saturated carbocycles. The monoisotopic (exact) mass is 238 g/mol. The normalized spacial score (nSPS) is 12.5. The third-order valence-electron chi connectivity index (χ3n) is 2.99. The fraction of sp³-hybridized carbons (Fsp3) is 0.143. The van der Waals surface area contributed by atoms with Gasteiger partial charge in [0.25, 0.3) is 0 Å². The highest BCUT2D eigenvalue weighted by atomic mass is 15.1. The molecule has 90 valence electrons. The van der Waals surface area contributed by atoms with Crippen LogP contribution in [0.5, 0.6) is 0 Å². The van der Waals surface area contributed by atoms with E-state index >= 15 is 0 Å². The maximum Gasteiger partial charge on any atom is 0.0671 e. The summed E-state index contributed by atoms with van der Waals surface area (Å²) in [6.07, 6.45) is 3.65. The molecular formula is C14H14N4. The van der Waals surface area contributed by atoms with Crippen LogP contribution in [0.1, 0.15) is 18.7 Å². The quantitative estimate of drug-likeness (QED) is 0.737. The van der Waals surface area contributed by atoms with Crippen molar-refractivity contribution in [1.82, 2.24) is 15.2 Å². The summed E-state index contributed by atoms with van der Waals surface area (Å²) >= 11 is 0. The number of aromatic nitrogens is 3. The maximum atomic E-state index is 4.36. The van der Waals surface area contributed by atoms with Gasteiger partial charge in [-0.15, -0.1) is 0 Å². The molecule has 2 heterocycles. The molecule has 0 radical (unpaired) electrons. The molecule has 0 bridgehead atoms. The van der Waals surface area contributed by atoms with Crippen LogP contribution in [0, 0.1) is 0 Å². The number of hydrogen-bond donors (Lipinski definition) is 2. The summed E-state index contributed by atoms with van der Waals surface area (Å²) in [7, 11) is 0. The minimum absolute atomic E-state index is 0.159. The molecule has 0 aliphatic heterocycles. The van der Waals surface area contributed by atoms with Crippen LogP contribution in [0.4, 0.5) is 5.69 Å². The van der Waals surface area contributed by atoms with Crippen molar-refractivity contribution in [3.8, 4) is 0 Å². The minimum atomic E-state index is 0.159. The van der Waals surface area contributed by atoms with Crippen molar-refractivity contribution >= 4 is 16.6 Å². The van der Waals surface area contributed by atoms with Crippen molar-refractivity contribution in [3.05, 3.63) is 54.5 Å². The van der Waals surface area contributed by atoms with Crippen molar-refractivity contribution in [2.75, 3.05) is 5.32 Å². The van der Waals surface area contributed by atoms with Gasteiger partial charge in [-0.25, -0.2) is 0 Å². The number of anilines is 1. The van der Waals surface area contributed by atoms with Gasteiger partial charge in [0.2, 0.25) is 0 Å². The Bertz CT molecular complexity index is 645. The van der Waals surface area contributed by atoms with Gasteiger partial charge in [-0.05, 0) is 31.2 Å².